The number of nitrogen functional groups attached to an aromatic ring is 1. The summed E-state index contributed by atoms with van der Waals surface area (Å²) in [6.07, 6.45) is 5.47. The summed E-state index contributed by atoms with van der Waals surface area (Å²) in [6.45, 7) is 1.43. The van der Waals surface area contributed by atoms with Crippen molar-refractivity contribution in [2.45, 2.75) is 23.1 Å². The molecule has 254 valence electrons. The van der Waals surface area contributed by atoms with E-state index in [0.717, 1.165) is 19.6 Å². The van der Waals surface area contributed by atoms with E-state index < -0.39 is 37.8 Å². The molecule has 0 unspecified atom stereocenters. The Kier molecular flexibility index (Phi) is 12.7. The largest absolute Gasteiger partial charge is 0.469 e. The van der Waals surface area contributed by atoms with Gasteiger partial charge in [-0.3, -0.25) is 29.1 Å². The topological polar surface area (TPSA) is 210 Å². The Morgan fingerprint density at radius 2 is 1.37 bits per heavy atom. The van der Waals surface area contributed by atoms with Gasteiger partial charge in [-0.05, 0) is 49.4 Å². The van der Waals surface area contributed by atoms with Crippen molar-refractivity contribution in [2.24, 2.45) is 0 Å². The molecule has 0 aliphatic rings. The average Bonchev–Trinajstić information content (AvgIpc) is 3.07. The molecule has 13 nitrogen and oxygen atoms in total. The lowest BCUT2D eigenvalue weighted by molar-refractivity contribution is -0.139. The van der Waals surface area contributed by atoms with Crippen molar-refractivity contribution in [3.8, 4) is 11.3 Å². The smallest absolute Gasteiger partial charge is 0.313 e. The summed E-state index contributed by atoms with van der Waals surface area (Å²) in [4.78, 5) is 57.3. The first-order chi connectivity index (χ1) is 23.1. The molecule has 2 N–H and O–H groups in total. The number of aldehydes is 1. The first kappa shape index (κ1) is 37.8. The third-order valence-corrected chi connectivity index (χ3v) is 8.92. The molecule has 3 heterocycles. The van der Waals surface area contributed by atoms with Gasteiger partial charge in [-0.2, -0.15) is 0 Å². The number of nitrogens with two attached hydrogens (primary N) is 1. The highest BCUT2D eigenvalue weighted by atomic mass is 32.2. The van der Waals surface area contributed by atoms with E-state index in [0.29, 0.717) is 45.5 Å². The van der Waals surface area contributed by atoms with Crippen LogP contribution in [0.15, 0.2) is 101 Å². The van der Waals surface area contributed by atoms with Crippen LogP contribution in [0.2, 0.25) is 0 Å². The van der Waals surface area contributed by atoms with E-state index in [1.54, 1.807) is 60.8 Å². The number of Topliss-reactive ketones (excluding diaryl/α,β-unsaturated/α-hetero) is 2. The number of ketones is 2. The number of sulfone groups is 2. The molecule has 0 radical (unpaired) electrons. The van der Waals surface area contributed by atoms with Gasteiger partial charge in [-0.15, -0.1) is 0 Å². The third kappa shape index (κ3) is 10.2. The minimum absolute atomic E-state index is 0.0143. The van der Waals surface area contributed by atoms with Gasteiger partial charge in [0, 0.05) is 41.6 Å². The van der Waals surface area contributed by atoms with Gasteiger partial charge < -0.3 is 10.5 Å². The summed E-state index contributed by atoms with van der Waals surface area (Å²) < 4.78 is 51.3. The molecule has 15 heteroatoms. The number of carbonyl (C=O) groups excluding carboxylic acids is 4. The van der Waals surface area contributed by atoms with Crippen LogP contribution in [0, 0.1) is 0 Å². The second-order valence-corrected chi connectivity index (χ2v) is 14.3. The number of nitrogens with zero attached hydrogens (tertiary/aromatic N) is 3. The van der Waals surface area contributed by atoms with Crippen molar-refractivity contribution in [3.63, 3.8) is 0 Å². The molecule has 3 aromatic heterocycles. The highest BCUT2D eigenvalue weighted by Crippen LogP contribution is 2.30. The zero-order valence-electron chi connectivity index (χ0n) is 26.9. The van der Waals surface area contributed by atoms with Crippen LogP contribution in [0.5, 0.6) is 0 Å². The molecule has 5 rings (SSSR count). The Morgan fingerprint density at radius 1 is 0.776 bits per heavy atom. The summed E-state index contributed by atoms with van der Waals surface area (Å²) in [6, 6.07) is 20.8. The van der Waals surface area contributed by atoms with Crippen LogP contribution in [0.3, 0.4) is 0 Å². The van der Waals surface area contributed by atoms with Gasteiger partial charge in [-0.1, -0.05) is 36.4 Å². The number of pyridine rings is 3. The summed E-state index contributed by atoms with van der Waals surface area (Å²) in [5.41, 5.74) is 8.42. The number of benzene rings is 2. The molecule has 0 bridgehead atoms. The number of rotatable bonds is 8. The number of carbonyl (C=O) groups is 4. The van der Waals surface area contributed by atoms with Crippen LogP contribution >= 0.6 is 0 Å². The van der Waals surface area contributed by atoms with Gasteiger partial charge in [0.15, 0.2) is 37.5 Å². The molecule has 0 spiro atoms. The normalized spacial score (nSPS) is 10.9. The van der Waals surface area contributed by atoms with Crippen LogP contribution in [0.1, 0.15) is 44.5 Å². The maximum absolute atomic E-state index is 12.0. The molecule has 0 atom stereocenters. The zero-order chi connectivity index (χ0) is 36.4. The van der Waals surface area contributed by atoms with Gasteiger partial charge >= 0.3 is 5.97 Å². The quantitative estimate of drug-likeness (QED) is 0.104. The maximum atomic E-state index is 12.0. The van der Waals surface area contributed by atoms with E-state index in [1.165, 1.54) is 37.4 Å². The van der Waals surface area contributed by atoms with Crippen LogP contribution in [-0.4, -0.2) is 75.2 Å². The van der Waals surface area contributed by atoms with E-state index in [2.05, 4.69) is 19.7 Å². The molecular weight excluding hydrogens is 673 g/mol. The molecule has 2 aromatic carbocycles. The lowest BCUT2D eigenvalue weighted by Crippen LogP contribution is -2.13. The van der Waals surface area contributed by atoms with Crippen molar-refractivity contribution in [2.75, 3.05) is 25.4 Å². The van der Waals surface area contributed by atoms with Crippen LogP contribution < -0.4 is 5.73 Å². The van der Waals surface area contributed by atoms with Crippen LogP contribution in [0.25, 0.3) is 22.3 Å². The van der Waals surface area contributed by atoms with Gasteiger partial charge in [0.1, 0.15) is 12.1 Å². The number of hydrogen-bond donors (Lipinski definition) is 1. The number of methoxy groups -OCH3 is 1. The minimum Gasteiger partial charge on any atom is -0.469 e. The van der Waals surface area contributed by atoms with Gasteiger partial charge in [-0.25, -0.2) is 21.8 Å². The van der Waals surface area contributed by atoms with E-state index >= 15 is 0 Å². The minimum atomic E-state index is -3.49. The Morgan fingerprint density at radius 3 is 1.94 bits per heavy atom. The van der Waals surface area contributed by atoms with Gasteiger partial charge in [0.25, 0.3) is 0 Å². The van der Waals surface area contributed by atoms with Crippen LogP contribution in [-0.2, 0) is 29.2 Å². The maximum Gasteiger partial charge on any atom is 0.313 e. The monoisotopic (exact) mass is 704 g/mol. The lowest BCUT2D eigenvalue weighted by Gasteiger charge is -2.11. The fraction of sp³-hybridized carbons (Fsp3) is 0.147. The second-order valence-electron chi connectivity index (χ2n) is 10.3. The van der Waals surface area contributed by atoms with Gasteiger partial charge in [0.05, 0.1) is 39.3 Å². The standard InChI is InChI=1S/C17H14N2O3S.C11H12O5S.C6H6N2O/c1-11(20)13-10-15-14(7-5-9-18-15)19-17(13)12-6-3-4-8-16(12)23(2,21)22;1-16-11(13)7-9(12)8-5-3-4-6-10(8)17(2,14)15;7-5-2-1-3-8-6(5)4-9/h3-10H,1-2H3;3-6H,7H2,1-2H3;1-4H,7H2. The molecule has 0 saturated heterocycles. The Hall–Kier alpha value is -5.67. The van der Waals surface area contributed by atoms with Crippen molar-refractivity contribution < 1.29 is 40.8 Å². The summed E-state index contributed by atoms with van der Waals surface area (Å²) in [7, 11) is -5.77. The number of ether oxygens (including phenoxy) is 1. The fourth-order valence-electron chi connectivity index (χ4n) is 4.31. The Labute approximate surface area is 283 Å². The molecule has 0 aliphatic carbocycles. The molecule has 5 aromatic rings. The van der Waals surface area contributed by atoms with Gasteiger partial charge in [0.2, 0.25) is 0 Å². The first-order valence-corrected chi connectivity index (χ1v) is 18.0. The number of esters is 1. The highest BCUT2D eigenvalue weighted by molar-refractivity contribution is 7.91. The van der Waals surface area contributed by atoms with E-state index in [4.69, 9.17) is 5.73 Å². The summed E-state index contributed by atoms with van der Waals surface area (Å²) in [5.74, 6) is -1.46. The number of hydrogen-bond acceptors (Lipinski definition) is 13. The van der Waals surface area contributed by atoms with Crippen molar-refractivity contribution >= 4 is 60.2 Å². The van der Waals surface area contributed by atoms with E-state index in [1.807, 2.05) is 0 Å². The predicted octanol–water partition coefficient (Wildman–Crippen LogP) is 4.22. The molecule has 0 saturated carbocycles. The summed E-state index contributed by atoms with van der Waals surface area (Å²) in [5, 5.41) is 0. The number of anilines is 1. The Bertz CT molecular complexity index is 2260. The molecule has 49 heavy (non-hydrogen) atoms. The fourth-order valence-corrected chi connectivity index (χ4v) is 6.10. The van der Waals surface area contributed by atoms with E-state index in [-0.39, 0.29) is 21.1 Å². The van der Waals surface area contributed by atoms with Crippen molar-refractivity contribution in [1.82, 2.24) is 15.0 Å². The summed E-state index contributed by atoms with van der Waals surface area (Å²) >= 11 is 0. The predicted molar refractivity (Wildman–Crippen MR) is 183 cm³/mol. The molecular formula is C34H32N4O9S2. The number of fused-ring (bicyclic) bond motifs is 1. The average molecular weight is 705 g/mol. The molecule has 0 amide bonds. The van der Waals surface area contributed by atoms with Crippen molar-refractivity contribution in [3.05, 3.63) is 108 Å². The van der Waals surface area contributed by atoms with Crippen LogP contribution in [0.4, 0.5) is 5.69 Å². The molecule has 0 fully saturated rings. The second kappa shape index (κ2) is 16.4. The third-order valence-electron chi connectivity index (χ3n) is 6.61. The number of aromatic nitrogens is 3. The lowest BCUT2D eigenvalue weighted by atomic mass is 10.0. The van der Waals surface area contributed by atoms with E-state index in [9.17, 15) is 36.0 Å². The first-order valence-electron chi connectivity index (χ1n) is 14.2. The highest BCUT2D eigenvalue weighted by Gasteiger charge is 2.21. The zero-order valence-corrected chi connectivity index (χ0v) is 28.5. The Balaban J connectivity index is 0.000000219. The molecule has 0 aliphatic heterocycles. The van der Waals surface area contributed by atoms with Crippen molar-refractivity contribution in [1.29, 1.82) is 0 Å². The SMILES string of the molecule is CC(=O)c1cc2ncccc2nc1-c1ccccc1S(C)(=O)=O.COC(=O)CC(=O)c1ccccc1S(C)(=O)=O.Nc1cccnc1C=O.